The van der Waals surface area contributed by atoms with Gasteiger partial charge in [0, 0.05) is 51.9 Å². The van der Waals surface area contributed by atoms with Crippen molar-refractivity contribution in [2.75, 3.05) is 25.6 Å². The fraction of sp³-hybridized carbons (Fsp3) is 0.583. The number of ether oxygens (including phenoxy) is 1. The number of imidazole rings is 1. The summed E-state index contributed by atoms with van der Waals surface area (Å²) in [7, 11) is 1.71. The van der Waals surface area contributed by atoms with Crippen molar-refractivity contribution in [2.24, 2.45) is 0 Å². The number of aryl methyl sites for hydroxylation is 2. The third kappa shape index (κ3) is 4.36. The molecule has 1 N–H and O–H groups in total. The van der Waals surface area contributed by atoms with Crippen molar-refractivity contribution in [3.8, 4) is 0 Å². The molecular weight excluding hydrogens is 244 g/mol. The summed E-state index contributed by atoms with van der Waals surface area (Å²) in [6.07, 6.45) is 9.33. The molecule has 0 aliphatic carbocycles. The number of anilines is 1. The van der Waals surface area contributed by atoms with Crippen LogP contribution in [0.2, 0.25) is 0 Å². The molecule has 0 amide bonds. The fourth-order valence-electron chi connectivity index (χ4n) is 1.83. The lowest BCUT2D eigenvalue weighted by Crippen LogP contribution is -2.11. The van der Waals surface area contributed by atoms with Gasteiger partial charge < -0.3 is 14.6 Å². The highest BCUT2D eigenvalue weighted by Gasteiger charge is 2.01. The third-order valence-corrected chi connectivity index (χ3v) is 2.78. The van der Waals surface area contributed by atoms with Crippen molar-refractivity contribution >= 4 is 5.95 Å². The smallest absolute Gasteiger partial charge is 0.202 e. The van der Waals surface area contributed by atoms with E-state index in [0.29, 0.717) is 0 Å². The Morgan fingerprint density at radius 3 is 2.95 bits per heavy atom. The van der Waals surface area contributed by atoms with Gasteiger partial charge in [-0.1, -0.05) is 5.21 Å². The minimum absolute atomic E-state index is 0.764. The summed E-state index contributed by atoms with van der Waals surface area (Å²) in [4.78, 5) is 4.31. The largest absolute Gasteiger partial charge is 0.385 e. The average molecular weight is 264 g/mol. The van der Waals surface area contributed by atoms with Gasteiger partial charge in [0.25, 0.3) is 0 Å². The van der Waals surface area contributed by atoms with Crippen molar-refractivity contribution in [1.82, 2.24) is 24.5 Å². The number of aromatic nitrogens is 5. The van der Waals surface area contributed by atoms with Crippen molar-refractivity contribution in [3.05, 3.63) is 24.8 Å². The van der Waals surface area contributed by atoms with E-state index in [1.54, 1.807) is 13.3 Å². The second-order valence-electron chi connectivity index (χ2n) is 4.24. The van der Waals surface area contributed by atoms with Crippen LogP contribution in [0.25, 0.3) is 0 Å². The van der Waals surface area contributed by atoms with Gasteiger partial charge in [-0.05, 0) is 12.8 Å². The summed E-state index contributed by atoms with van der Waals surface area (Å²) in [6.45, 7) is 3.40. The lowest BCUT2D eigenvalue weighted by atomic mass is 10.4. The molecule has 2 rings (SSSR count). The van der Waals surface area contributed by atoms with Gasteiger partial charge in [-0.2, -0.15) is 0 Å². The van der Waals surface area contributed by atoms with E-state index in [0.717, 1.165) is 45.0 Å². The lowest BCUT2D eigenvalue weighted by molar-refractivity contribution is 0.197. The van der Waals surface area contributed by atoms with E-state index < -0.39 is 0 Å². The number of hydrogen-bond donors (Lipinski definition) is 1. The molecule has 0 aliphatic rings. The number of hydrogen-bond acceptors (Lipinski definition) is 5. The zero-order valence-corrected chi connectivity index (χ0v) is 11.2. The van der Waals surface area contributed by atoms with Gasteiger partial charge in [-0.25, -0.2) is 4.98 Å². The molecule has 2 aromatic rings. The average Bonchev–Trinajstić information content (AvgIpc) is 3.07. The maximum Gasteiger partial charge on any atom is 0.202 e. The molecule has 0 bridgehead atoms. The Hall–Kier alpha value is -1.89. The molecule has 19 heavy (non-hydrogen) atoms. The molecule has 2 heterocycles. The molecule has 2 aromatic heterocycles. The molecule has 7 nitrogen and oxygen atoms in total. The van der Waals surface area contributed by atoms with Gasteiger partial charge >= 0.3 is 0 Å². The van der Waals surface area contributed by atoms with Crippen molar-refractivity contribution in [2.45, 2.75) is 25.9 Å². The fourth-order valence-corrected chi connectivity index (χ4v) is 1.83. The number of nitrogens with zero attached hydrogens (tertiary/aromatic N) is 5. The Bertz CT molecular complexity index is 452. The summed E-state index contributed by atoms with van der Waals surface area (Å²) >= 11 is 0. The lowest BCUT2D eigenvalue weighted by Gasteiger charge is -2.09. The van der Waals surface area contributed by atoms with Gasteiger partial charge in [0.15, 0.2) is 0 Å². The van der Waals surface area contributed by atoms with Crippen LogP contribution >= 0.6 is 0 Å². The Labute approximate surface area is 112 Å². The van der Waals surface area contributed by atoms with Crippen LogP contribution in [0.4, 0.5) is 5.95 Å². The van der Waals surface area contributed by atoms with E-state index in [1.165, 1.54) is 0 Å². The topological polar surface area (TPSA) is 69.8 Å². The minimum atomic E-state index is 0.764. The Balaban J connectivity index is 1.72. The predicted octanol–water partition coefficient (Wildman–Crippen LogP) is 1.01. The van der Waals surface area contributed by atoms with Gasteiger partial charge in [0.1, 0.15) is 0 Å². The number of methoxy groups -OCH3 is 1. The summed E-state index contributed by atoms with van der Waals surface area (Å²) < 4.78 is 8.97. The normalized spacial score (nSPS) is 10.8. The van der Waals surface area contributed by atoms with Crippen molar-refractivity contribution in [3.63, 3.8) is 0 Å². The molecule has 0 unspecified atom stereocenters. The predicted molar refractivity (Wildman–Crippen MR) is 71.8 cm³/mol. The van der Waals surface area contributed by atoms with Crippen LogP contribution in [0.15, 0.2) is 24.8 Å². The maximum atomic E-state index is 5.01. The quantitative estimate of drug-likeness (QED) is 0.685. The molecule has 0 radical (unpaired) electrons. The first kappa shape index (κ1) is 13.5. The standard InChI is InChI=1S/C12H20N6O/c1-19-11-2-4-13-12-14-5-9-17(12)7-3-8-18-10-6-15-16-18/h5-6,9-10H,2-4,7-8,11H2,1H3,(H,13,14). The maximum absolute atomic E-state index is 5.01. The van der Waals surface area contributed by atoms with Crippen LogP contribution in [-0.4, -0.2) is 44.8 Å². The molecular formula is C12H20N6O. The highest BCUT2D eigenvalue weighted by atomic mass is 16.5. The molecule has 7 heteroatoms. The molecule has 0 spiro atoms. The van der Waals surface area contributed by atoms with Crippen LogP contribution in [0, 0.1) is 0 Å². The van der Waals surface area contributed by atoms with Crippen LogP contribution in [0.5, 0.6) is 0 Å². The molecule has 0 saturated heterocycles. The van der Waals surface area contributed by atoms with Gasteiger partial charge in [-0.3, -0.25) is 4.68 Å². The van der Waals surface area contributed by atoms with Gasteiger partial charge in [0.05, 0.1) is 6.20 Å². The van der Waals surface area contributed by atoms with Crippen LogP contribution in [-0.2, 0) is 17.8 Å². The minimum Gasteiger partial charge on any atom is -0.385 e. The van der Waals surface area contributed by atoms with Gasteiger partial charge in [0.2, 0.25) is 5.95 Å². The number of rotatable bonds is 9. The van der Waals surface area contributed by atoms with E-state index in [1.807, 2.05) is 23.3 Å². The summed E-state index contributed by atoms with van der Waals surface area (Å²) in [5, 5.41) is 11.0. The Morgan fingerprint density at radius 1 is 1.21 bits per heavy atom. The van der Waals surface area contributed by atoms with Crippen LogP contribution in [0.1, 0.15) is 12.8 Å². The van der Waals surface area contributed by atoms with E-state index in [4.69, 9.17) is 4.74 Å². The van der Waals surface area contributed by atoms with E-state index in [2.05, 4.69) is 25.2 Å². The third-order valence-electron chi connectivity index (χ3n) is 2.78. The first-order chi connectivity index (χ1) is 9.40. The van der Waals surface area contributed by atoms with E-state index >= 15 is 0 Å². The Kier molecular flexibility index (Phi) is 5.36. The molecule has 104 valence electrons. The zero-order chi connectivity index (χ0) is 13.3. The molecule has 0 aromatic carbocycles. The molecule has 0 fully saturated rings. The van der Waals surface area contributed by atoms with Gasteiger partial charge in [-0.15, -0.1) is 5.10 Å². The number of nitrogens with one attached hydrogen (secondary N) is 1. The monoisotopic (exact) mass is 264 g/mol. The van der Waals surface area contributed by atoms with E-state index in [-0.39, 0.29) is 0 Å². The SMILES string of the molecule is COCCCNc1nccn1CCCn1ccnn1. The highest BCUT2D eigenvalue weighted by molar-refractivity contribution is 5.25. The molecule has 0 saturated carbocycles. The summed E-state index contributed by atoms with van der Waals surface area (Å²) in [6, 6.07) is 0. The van der Waals surface area contributed by atoms with Crippen molar-refractivity contribution < 1.29 is 4.74 Å². The van der Waals surface area contributed by atoms with Crippen LogP contribution < -0.4 is 5.32 Å². The molecule has 0 aliphatic heterocycles. The zero-order valence-electron chi connectivity index (χ0n) is 11.2. The van der Waals surface area contributed by atoms with Crippen molar-refractivity contribution in [1.29, 1.82) is 0 Å². The highest BCUT2D eigenvalue weighted by Crippen LogP contribution is 2.06. The van der Waals surface area contributed by atoms with E-state index in [9.17, 15) is 0 Å². The molecule has 0 atom stereocenters. The second kappa shape index (κ2) is 7.52. The Morgan fingerprint density at radius 2 is 2.16 bits per heavy atom. The first-order valence-electron chi connectivity index (χ1n) is 6.48. The van der Waals surface area contributed by atoms with Crippen LogP contribution in [0.3, 0.4) is 0 Å². The first-order valence-corrected chi connectivity index (χ1v) is 6.48. The summed E-state index contributed by atoms with van der Waals surface area (Å²) in [5.74, 6) is 0.912. The summed E-state index contributed by atoms with van der Waals surface area (Å²) in [5.41, 5.74) is 0. The second-order valence-corrected chi connectivity index (χ2v) is 4.24.